The number of aromatic amines is 1. The zero-order chi connectivity index (χ0) is 16.1. The number of nitrogens with zero attached hydrogens (tertiary/aromatic N) is 3. The van der Waals surface area contributed by atoms with E-state index in [9.17, 15) is 5.11 Å². The van der Waals surface area contributed by atoms with E-state index in [1.54, 1.807) is 6.20 Å². The summed E-state index contributed by atoms with van der Waals surface area (Å²) in [6.45, 7) is 3.17. The Hall–Kier alpha value is -2.44. The van der Waals surface area contributed by atoms with Crippen LogP contribution in [0.5, 0.6) is 5.88 Å². The summed E-state index contributed by atoms with van der Waals surface area (Å²) in [5.41, 5.74) is 3.37. The maximum Gasteiger partial charge on any atom is 0.200 e. The van der Waals surface area contributed by atoms with Crippen molar-refractivity contribution in [1.82, 2.24) is 25.2 Å². The molecule has 6 heteroatoms. The molecule has 3 N–H and O–H groups in total. The first kappa shape index (κ1) is 13.9. The molecule has 0 aliphatic carbocycles. The maximum atomic E-state index is 10.2. The fourth-order valence-corrected chi connectivity index (χ4v) is 4.01. The fourth-order valence-electron chi connectivity index (χ4n) is 4.01. The highest BCUT2D eigenvalue weighted by Crippen LogP contribution is 2.34. The minimum Gasteiger partial charge on any atom is -0.494 e. The van der Waals surface area contributed by atoms with Crippen LogP contribution in [-0.2, 0) is 6.54 Å². The molecular formula is C18H19N5O. The van der Waals surface area contributed by atoms with Gasteiger partial charge in [-0.15, -0.1) is 0 Å². The van der Waals surface area contributed by atoms with E-state index in [0.717, 1.165) is 30.7 Å². The molecule has 2 fully saturated rings. The van der Waals surface area contributed by atoms with E-state index in [1.165, 1.54) is 12.0 Å². The lowest BCUT2D eigenvalue weighted by atomic mass is 10.1. The van der Waals surface area contributed by atoms with Gasteiger partial charge in [0.05, 0.1) is 11.3 Å². The van der Waals surface area contributed by atoms with Crippen molar-refractivity contribution in [2.24, 2.45) is 0 Å². The van der Waals surface area contributed by atoms with Gasteiger partial charge in [0, 0.05) is 49.5 Å². The van der Waals surface area contributed by atoms with E-state index in [2.05, 4.69) is 31.2 Å². The van der Waals surface area contributed by atoms with E-state index < -0.39 is 0 Å². The van der Waals surface area contributed by atoms with Gasteiger partial charge in [0.1, 0.15) is 5.65 Å². The van der Waals surface area contributed by atoms with Crippen LogP contribution in [0.4, 0.5) is 0 Å². The number of likely N-dealkylation sites (tertiary alicyclic amines) is 1. The number of nitrogens with one attached hydrogen (secondary N) is 2. The smallest absolute Gasteiger partial charge is 0.200 e. The van der Waals surface area contributed by atoms with Crippen LogP contribution in [0.2, 0.25) is 0 Å². The van der Waals surface area contributed by atoms with Crippen LogP contribution in [0.1, 0.15) is 12.0 Å². The second-order valence-corrected chi connectivity index (χ2v) is 6.72. The molecule has 0 amide bonds. The summed E-state index contributed by atoms with van der Waals surface area (Å²) >= 11 is 0. The third-order valence-electron chi connectivity index (χ3n) is 5.19. The van der Waals surface area contributed by atoms with Gasteiger partial charge in [-0.25, -0.2) is 4.98 Å². The molecule has 0 spiro atoms. The summed E-state index contributed by atoms with van der Waals surface area (Å²) in [6, 6.07) is 9.23. The van der Waals surface area contributed by atoms with Crippen molar-refractivity contribution >= 4 is 11.0 Å². The molecule has 3 aromatic rings. The molecule has 2 saturated heterocycles. The molecule has 122 valence electrons. The predicted molar refractivity (Wildman–Crippen MR) is 91.6 cm³/mol. The van der Waals surface area contributed by atoms with Crippen molar-refractivity contribution in [2.75, 3.05) is 13.1 Å². The Morgan fingerprint density at radius 1 is 1.25 bits per heavy atom. The van der Waals surface area contributed by atoms with Crippen molar-refractivity contribution in [3.8, 4) is 17.1 Å². The average Bonchev–Trinajstić information content (AvgIpc) is 3.29. The highest BCUT2D eigenvalue weighted by atomic mass is 16.3. The summed E-state index contributed by atoms with van der Waals surface area (Å²) in [6.07, 6.45) is 4.89. The van der Waals surface area contributed by atoms with E-state index >= 15 is 0 Å². The van der Waals surface area contributed by atoms with E-state index in [0.29, 0.717) is 23.3 Å². The third kappa shape index (κ3) is 2.18. The first-order chi connectivity index (χ1) is 11.8. The number of pyridine rings is 2. The zero-order valence-corrected chi connectivity index (χ0v) is 13.2. The highest BCUT2D eigenvalue weighted by Gasteiger charge is 2.37. The summed E-state index contributed by atoms with van der Waals surface area (Å²) in [7, 11) is 0. The number of aromatic nitrogens is 3. The van der Waals surface area contributed by atoms with Crippen molar-refractivity contribution in [3.63, 3.8) is 0 Å². The summed E-state index contributed by atoms with van der Waals surface area (Å²) < 4.78 is 0. The number of piperazine rings is 1. The van der Waals surface area contributed by atoms with Gasteiger partial charge < -0.3 is 15.4 Å². The van der Waals surface area contributed by atoms with Crippen molar-refractivity contribution in [2.45, 2.75) is 25.0 Å². The van der Waals surface area contributed by atoms with Gasteiger partial charge in [0.15, 0.2) is 5.88 Å². The second kappa shape index (κ2) is 5.29. The molecule has 5 rings (SSSR count). The van der Waals surface area contributed by atoms with Gasteiger partial charge in [-0.1, -0.05) is 6.07 Å². The molecule has 0 radical (unpaired) electrons. The summed E-state index contributed by atoms with van der Waals surface area (Å²) in [5, 5.41) is 14.6. The first-order valence-corrected chi connectivity index (χ1v) is 8.36. The Bertz CT molecular complexity index is 888. The topological polar surface area (TPSA) is 77.1 Å². The van der Waals surface area contributed by atoms with Gasteiger partial charge in [0.2, 0.25) is 0 Å². The number of fused-ring (bicyclic) bond motifs is 3. The Labute approximate surface area is 139 Å². The van der Waals surface area contributed by atoms with E-state index in [-0.39, 0.29) is 5.88 Å². The molecule has 0 saturated carbocycles. The second-order valence-electron chi connectivity index (χ2n) is 6.72. The largest absolute Gasteiger partial charge is 0.494 e. The molecule has 2 aliphatic heterocycles. The summed E-state index contributed by atoms with van der Waals surface area (Å²) in [5.74, 6) is 0.117. The molecule has 2 unspecified atom stereocenters. The van der Waals surface area contributed by atoms with Crippen LogP contribution in [0.3, 0.4) is 0 Å². The lowest BCUT2D eigenvalue weighted by molar-refractivity contribution is 0.217. The average molecular weight is 321 g/mol. The Kier molecular flexibility index (Phi) is 3.08. The molecule has 6 nitrogen and oxygen atoms in total. The van der Waals surface area contributed by atoms with Gasteiger partial charge in [0.25, 0.3) is 0 Å². The maximum absolute atomic E-state index is 10.2. The van der Waals surface area contributed by atoms with Crippen molar-refractivity contribution < 1.29 is 5.11 Å². The Balaban J connectivity index is 1.42. The van der Waals surface area contributed by atoms with Crippen molar-refractivity contribution in [3.05, 3.63) is 42.2 Å². The van der Waals surface area contributed by atoms with Crippen LogP contribution in [0.25, 0.3) is 22.3 Å². The number of aromatic hydroxyl groups is 1. The lowest BCUT2D eigenvalue weighted by Gasteiger charge is -2.27. The zero-order valence-electron chi connectivity index (χ0n) is 13.2. The minimum atomic E-state index is 0.117. The number of hydrogen-bond donors (Lipinski definition) is 3. The highest BCUT2D eigenvalue weighted by molar-refractivity contribution is 5.96. The standard InChI is InChI=1S/C18H19N5O/c24-18-16(14-2-1-5-19-17(14)22-18)15-4-3-11(7-21-15)9-23-10-12-6-13(23)8-20-12/h1-5,7,12-13,20,24H,6,8-10H2,(H,19,22). The lowest BCUT2D eigenvalue weighted by Crippen LogP contribution is -2.42. The minimum absolute atomic E-state index is 0.117. The molecule has 0 aromatic carbocycles. The van der Waals surface area contributed by atoms with Gasteiger partial charge in [-0.05, 0) is 30.2 Å². The Morgan fingerprint density at radius 3 is 2.96 bits per heavy atom. The van der Waals surface area contributed by atoms with Crippen LogP contribution in [-0.4, -0.2) is 50.1 Å². The third-order valence-corrected chi connectivity index (χ3v) is 5.19. The molecular weight excluding hydrogens is 302 g/mol. The van der Waals surface area contributed by atoms with Gasteiger partial charge in [-0.3, -0.25) is 9.88 Å². The quantitative estimate of drug-likeness (QED) is 0.686. The SMILES string of the molecule is Oc1[nH]c2ncccc2c1-c1ccc(CN2CC3CC2CN3)cn1. The van der Waals surface area contributed by atoms with Crippen LogP contribution >= 0.6 is 0 Å². The van der Waals surface area contributed by atoms with Crippen LogP contribution in [0.15, 0.2) is 36.7 Å². The monoisotopic (exact) mass is 321 g/mol. The number of hydrogen-bond acceptors (Lipinski definition) is 5. The Morgan fingerprint density at radius 2 is 2.21 bits per heavy atom. The molecule has 3 aromatic heterocycles. The normalized spacial score (nSPS) is 23.3. The van der Waals surface area contributed by atoms with E-state index in [1.807, 2.05) is 24.4 Å². The molecule has 2 atom stereocenters. The van der Waals surface area contributed by atoms with Crippen LogP contribution < -0.4 is 5.32 Å². The van der Waals surface area contributed by atoms with Crippen molar-refractivity contribution in [1.29, 1.82) is 0 Å². The molecule has 2 bridgehead atoms. The number of rotatable bonds is 3. The predicted octanol–water partition coefficient (Wildman–Crippen LogP) is 1.88. The van der Waals surface area contributed by atoms with Crippen LogP contribution in [0, 0.1) is 0 Å². The molecule has 24 heavy (non-hydrogen) atoms. The first-order valence-electron chi connectivity index (χ1n) is 8.36. The number of H-pyrrole nitrogens is 1. The summed E-state index contributed by atoms with van der Waals surface area (Å²) in [4.78, 5) is 14.3. The van der Waals surface area contributed by atoms with E-state index in [4.69, 9.17) is 0 Å². The van der Waals surface area contributed by atoms with Gasteiger partial charge in [-0.2, -0.15) is 0 Å². The molecule has 2 aliphatic rings. The molecule has 5 heterocycles. The van der Waals surface area contributed by atoms with Gasteiger partial charge >= 0.3 is 0 Å². The fraction of sp³-hybridized carbons (Fsp3) is 0.333.